The van der Waals surface area contributed by atoms with Crippen molar-refractivity contribution < 1.29 is 4.74 Å². The number of hydrogen-bond acceptors (Lipinski definition) is 2. The molecular formula is C21H18N2O. The highest BCUT2D eigenvalue weighted by molar-refractivity contribution is 6.22. The Hall–Kier alpha value is -3.07. The van der Waals surface area contributed by atoms with Crippen LogP contribution in [0.4, 0.5) is 11.4 Å². The second kappa shape index (κ2) is 5.53. The third-order valence-corrected chi connectivity index (χ3v) is 4.46. The summed E-state index contributed by atoms with van der Waals surface area (Å²) in [6.45, 7) is 0. The summed E-state index contributed by atoms with van der Waals surface area (Å²) in [4.78, 5) is 2.02. The molecule has 1 aliphatic rings. The third kappa shape index (κ3) is 2.17. The SMILES string of the molecule is CN(C)c1ccc([N+]([O-])=C2c3ccccc3-c3ccccc32)cc1. The van der Waals surface area contributed by atoms with E-state index in [2.05, 4.69) is 12.1 Å². The summed E-state index contributed by atoms with van der Waals surface area (Å²) >= 11 is 0. The van der Waals surface area contributed by atoms with Crippen molar-refractivity contribution in [3.63, 3.8) is 0 Å². The number of anilines is 1. The maximum atomic E-state index is 13.1. The number of nitrogens with zero attached hydrogens (tertiary/aromatic N) is 2. The smallest absolute Gasteiger partial charge is 0.232 e. The summed E-state index contributed by atoms with van der Waals surface area (Å²) in [7, 11) is 3.98. The Balaban J connectivity index is 1.92. The molecule has 118 valence electrons. The zero-order valence-electron chi connectivity index (χ0n) is 13.7. The molecule has 0 fully saturated rings. The van der Waals surface area contributed by atoms with Gasteiger partial charge in [0, 0.05) is 31.9 Å². The lowest BCUT2D eigenvalue weighted by molar-refractivity contribution is -0.359. The molecule has 0 saturated heterocycles. The van der Waals surface area contributed by atoms with Gasteiger partial charge < -0.3 is 10.1 Å². The molecule has 0 amide bonds. The quantitative estimate of drug-likeness (QED) is 0.311. The Kier molecular flexibility index (Phi) is 3.35. The first-order valence-electron chi connectivity index (χ1n) is 7.97. The Morgan fingerprint density at radius 3 is 1.58 bits per heavy atom. The largest absolute Gasteiger partial charge is 0.618 e. The lowest BCUT2D eigenvalue weighted by Gasteiger charge is -2.13. The van der Waals surface area contributed by atoms with Crippen LogP contribution in [-0.2, 0) is 0 Å². The molecule has 0 bridgehead atoms. The van der Waals surface area contributed by atoms with E-state index in [1.54, 1.807) is 0 Å². The van der Waals surface area contributed by atoms with Gasteiger partial charge in [-0.1, -0.05) is 36.4 Å². The Bertz CT molecular complexity index is 893. The number of rotatable bonds is 2. The van der Waals surface area contributed by atoms with Crippen molar-refractivity contribution in [2.24, 2.45) is 0 Å². The van der Waals surface area contributed by atoms with Crippen LogP contribution in [-0.4, -0.2) is 24.5 Å². The zero-order chi connectivity index (χ0) is 16.7. The van der Waals surface area contributed by atoms with Crippen LogP contribution in [0.15, 0.2) is 72.8 Å². The van der Waals surface area contributed by atoms with Crippen molar-refractivity contribution >= 4 is 17.1 Å². The molecule has 0 radical (unpaired) electrons. The van der Waals surface area contributed by atoms with Crippen LogP contribution in [0.2, 0.25) is 0 Å². The number of fused-ring (bicyclic) bond motifs is 3. The first-order valence-corrected chi connectivity index (χ1v) is 7.97. The molecule has 0 N–H and O–H groups in total. The first-order chi connectivity index (χ1) is 11.7. The fourth-order valence-electron chi connectivity index (χ4n) is 3.23. The molecule has 0 saturated carbocycles. The minimum absolute atomic E-state index is 0.641. The fraction of sp³-hybridized carbons (Fsp3) is 0.0952. The van der Waals surface area contributed by atoms with Crippen LogP contribution in [0.5, 0.6) is 0 Å². The molecule has 1 aliphatic carbocycles. The van der Waals surface area contributed by atoms with Crippen molar-refractivity contribution in [2.45, 2.75) is 0 Å². The summed E-state index contributed by atoms with van der Waals surface area (Å²) in [5.41, 5.74) is 6.66. The van der Waals surface area contributed by atoms with E-state index in [0.29, 0.717) is 5.69 Å². The predicted molar refractivity (Wildman–Crippen MR) is 99.1 cm³/mol. The molecular weight excluding hydrogens is 296 g/mol. The van der Waals surface area contributed by atoms with Crippen molar-refractivity contribution in [1.82, 2.24) is 0 Å². The van der Waals surface area contributed by atoms with Gasteiger partial charge in [0.1, 0.15) is 0 Å². The highest BCUT2D eigenvalue weighted by Crippen LogP contribution is 2.37. The van der Waals surface area contributed by atoms with Gasteiger partial charge in [0.05, 0.1) is 11.1 Å². The van der Waals surface area contributed by atoms with Crippen molar-refractivity contribution in [2.75, 3.05) is 19.0 Å². The van der Waals surface area contributed by atoms with Gasteiger partial charge in [-0.15, -0.1) is 0 Å². The molecule has 3 heteroatoms. The standard InChI is InChI=1S/C21H18N2O/c1-22(2)15-11-13-16(14-12-15)23(24)21-19-9-5-3-7-17(19)18-8-4-6-10-20(18)21/h3-14H,1-2H3. The number of hydrogen-bond donors (Lipinski definition) is 0. The van der Waals surface area contributed by atoms with Crippen LogP contribution >= 0.6 is 0 Å². The van der Waals surface area contributed by atoms with E-state index >= 15 is 0 Å². The minimum Gasteiger partial charge on any atom is -0.618 e. The van der Waals surface area contributed by atoms with Gasteiger partial charge in [-0.2, -0.15) is 4.74 Å². The minimum atomic E-state index is 0.641. The average molecular weight is 314 g/mol. The van der Waals surface area contributed by atoms with E-state index < -0.39 is 0 Å². The summed E-state index contributed by atoms with van der Waals surface area (Å²) in [6.07, 6.45) is 0. The molecule has 3 aromatic rings. The second-order valence-corrected chi connectivity index (χ2v) is 6.14. The second-order valence-electron chi connectivity index (χ2n) is 6.14. The Labute approximate surface area is 141 Å². The van der Waals surface area contributed by atoms with Crippen molar-refractivity contribution in [3.05, 3.63) is 89.1 Å². The van der Waals surface area contributed by atoms with Gasteiger partial charge >= 0.3 is 0 Å². The lowest BCUT2D eigenvalue weighted by atomic mass is 10.1. The molecule has 0 spiro atoms. The molecule has 0 aromatic heterocycles. The van der Waals surface area contributed by atoms with Crippen molar-refractivity contribution in [3.8, 4) is 11.1 Å². The van der Waals surface area contributed by atoms with Crippen molar-refractivity contribution in [1.29, 1.82) is 0 Å². The van der Waals surface area contributed by atoms with Crippen LogP contribution in [0.3, 0.4) is 0 Å². The summed E-state index contributed by atoms with van der Waals surface area (Å²) < 4.78 is 1.05. The molecule has 0 atom stereocenters. The van der Waals surface area contributed by atoms with Crippen LogP contribution in [0.1, 0.15) is 11.1 Å². The van der Waals surface area contributed by atoms with Gasteiger partial charge in [0.2, 0.25) is 11.4 Å². The Morgan fingerprint density at radius 2 is 1.12 bits per heavy atom. The topological polar surface area (TPSA) is 29.3 Å². The van der Waals surface area contributed by atoms with E-state index in [1.807, 2.05) is 79.7 Å². The van der Waals surface area contributed by atoms with Crippen LogP contribution in [0.25, 0.3) is 11.1 Å². The predicted octanol–water partition coefficient (Wildman–Crippen LogP) is 4.41. The molecule has 0 unspecified atom stereocenters. The molecule has 4 rings (SSSR count). The first kappa shape index (κ1) is 14.5. The van der Waals surface area contributed by atoms with Gasteiger partial charge in [-0.25, -0.2) is 0 Å². The van der Waals surface area contributed by atoms with Crippen LogP contribution in [0, 0.1) is 5.21 Å². The maximum Gasteiger partial charge on any atom is 0.232 e. The van der Waals surface area contributed by atoms with Gasteiger partial charge in [0.25, 0.3) is 0 Å². The summed E-state index contributed by atoms with van der Waals surface area (Å²) in [5, 5.41) is 13.1. The summed E-state index contributed by atoms with van der Waals surface area (Å²) in [6, 6.07) is 23.8. The molecule has 0 aliphatic heterocycles. The van der Waals surface area contributed by atoms with E-state index in [-0.39, 0.29) is 0 Å². The summed E-state index contributed by atoms with van der Waals surface area (Å²) in [5.74, 6) is 0. The van der Waals surface area contributed by atoms with E-state index in [4.69, 9.17) is 0 Å². The van der Waals surface area contributed by atoms with E-state index in [1.165, 1.54) is 0 Å². The monoisotopic (exact) mass is 314 g/mol. The Morgan fingerprint density at radius 1 is 0.667 bits per heavy atom. The number of benzene rings is 3. The van der Waals surface area contributed by atoms with E-state index in [9.17, 15) is 5.21 Å². The van der Waals surface area contributed by atoms with Gasteiger partial charge in [0.15, 0.2) is 0 Å². The van der Waals surface area contributed by atoms with E-state index in [0.717, 1.165) is 38.4 Å². The molecule has 0 heterocycles. The molecule has 24 heavy (non-hydrogen) atoms. The molecule has 3 nitrogen and oxygen atoms in total. The highest BCUT2D eigenvalue weighted by atomic mass is 16.5. The third-order valence-electron chi connectivity index (χ3n) is 4.46. The van der Waals surface area contributed by atoms with Gasteiger partial charge in [-0.3, -0.25) is 0 Å². The average Bonchev–Trinajstić information content (AvgIpc) is 2.96. The highest BCUT2D eigenvalue weighted by Gasteiger charge is 2.30. The fourth-order valence-corrected chi connectivity index (χ4v) is 3.23. The normalized spacial score (nSPS) is 11.8. The van der Waals surface area contributed by atoms with Gasteiger partial charge in [-0.05, 0) is 35.4 Å². The molecule has 3 aromatic carbocycles. The maximum absolute atomic E-state index is 13.1. The zero-order valence-corrected chi connectivity index (χ0v) is 13.7. The lowest BCUT2D eigenvalue weighted by Crippen LogP contribution is -2.12. The van der Waals surface area contributed by atoms with Crippen LogP contribution < -0.4 is 4.90 Å².